The third-order valence-corrected chi connectivity index (χ3v) is 3.52. The monoisotopic (exact) mass is 405 g/mol. The van der Waals surface area contributed by atoms with Crippen LogP contribution in [0.15, 0.2) is 48.5 Å². The molecule has 28 heavy (non-hydrogen) atoms. The Morgan fingerprint density at radius 3 is 1.86 bits per heavy atom. The number of hydrogen-bond donors (Lipinski definition) is 1. The van der Waals surface area contributed by atoms with Crippen LogP contribution in [-0.4, -0.2) is 18.0 Å². The minimum Gasteiger partial charge on any atom is -0.449 e. The molecule has 0 heterocycles. The van der Waals surface area contributed by atoms with Gasteiger partial charge in [0, 0.05) is 5.69 Å². The Bertz CT molecular complexity index is 830. The molecule has 10 heteroatoms. The first-order chi connectivity index (χ1) is 12.9. The fourth-order valence-electron chi connectivity index (χ4n) is 2.12. The van der Waals surface area contributed by atoms with Gasteiger partial charge >= 0.3 is 18.3 Å². The third kappa shape index (κ3) is 5.48. The summed E-state index contributed by atoms with van der Waals surface area (Å²) >= 11 is 0. The number of anilines is 1. The average molecular weight is 405 g/mol. The van der Waals surface area contributed by atoms with E-state index in [4.69, 9.17) is 4.74 Å². The molecule has 0 unspecified atom stereocenters. The summed E-state index contributed by atoms with van der Waals surface area (Å²) in [5.41, 5.74) is -3.92. The molecule has 0 aliphatic rings. The predicted molar refractivity (Wildman–Crippen MR) is 86.4 cm³/mol. The first kappa shape index (κ1) is 21.3. The minimum absolute atomic E-state index is 0.109. The lowest BCUT2D eigenvalue weighted by Gasteiger charge is -2.16. The maximum atomic E-state index is 12.8. The largest absolute Gasteiger partial charge is 0.449 e. The van der Waals surface area contributed by atoms with E-state index in [0.717, 1.165) is 6.92 Å². The van der Waals surface area contributed by atoms with Crippen LogP contribution in [-0.2, 0) is 21.9 Å². The zero-order valence-electron chi connectivity index (χ0n) is 14.2. The Morgan fingerprint density at radius 1 is 0.893 bits per heavy atom. The van der Waals surface area contributed by atoms with Gasteiger partial charge in [0.05, 0.1) is 16.7 Å². The number of para-hydroxylation sites is 1. The molecule has 0 fully saturated rings. The van der Waals surface area contributed by atoms with E-state index < -0.39 is 47.0 Å². The van der Waals surface area contributed by atoms with Gasteiger partial charge in [-0.3, -0.25) is 4.79 Å². The van der Waals surface area contributed by atoms with Gasteiger partial charge in [-0.2, -0.15) is 26.3 Å². The number of alkyl halides is 6. The SMILES string of the molecule is C[C@H](OC(=O)c1cc(C(F)(F)F)cc(C(F)(F)F)c1)C(=O)Nc1ccccc1. The number of nitrogens with one attached hydrogen (secondary N) is 1. The van der Waals surface area contributed by atoms with Crippen LogP contribution in [0.3, 0.4) is 0 Å². The molecule has 0 saturated heterocycles. The van der Waals surface area contributed by atoms with Gasteiger partial charge in [-0.05, 0) is 37.3 Å². The number of ether oxygens (including phenoxy) is 1. The Labute approximate surface area is 155 Å². The highest BCUT2D eigenvalue weighted by atomic mass is 19.4. The lowest BCUT2D eigenvalue weighted by Crippen LogP contribution is -2.30. The molecule has 150 valence electrons. The van der Waals surface area contributed by atoms with Gasteiger partial charge in [-0.25, -0.2) is 4.79 Å². The van der Waals surface area contributed by atoms with Crippen LogP contribution >= 0.6 is 0 Å². The number of esters is 1. The molecule has 1 atom stereocenters. The van der Waals surface area contributed by atoms with Gasteiger partial charge in [-0.15, -0.1) is 0 Å². The van der Waals surface area contributed by atoms with Crippen LogP contribution in [0, 0.1) is 0 Å². The molecule has 1 N–H and O–H groups in total. The standard InChI is InChI=1S/C18H13F6NO3/c1-10(15(26)25-14-5-3-2-4-6-14)28-16(27)11-7-12(17(19,20)21)9-13(8-11)18(22,23)24/h2-10H,1H3,(H,25,26)/t10-/m0/s1. The van der Waals surface area contributed by atoms with Crippen LogP contribution in [0.5, 0.6) is 0 Å². The van der Waals surface area contributed by atoms with Gasteiger partial charge in [0.25, 0.3) is 5.91 Å². The lowest BCUT2D eigenvalue weighted by molar-refractivity contribution is -0.143. The second-order valence-electron chi connectivity index (χ2n) is 5.70. The van der Waals surface area contributed by atoms with E-state index in [0.29, 0.717) is 5.69 Å². The van der Waals surface area contributed by atoms with Gasteiger partial charge in [0.1, 0.15) is 0 Å². The molecular weight excluding hydrogens is 392 g/mol. The van der Waals surface area contributed by atoms with Gasteiger partial charge in [0.2, 0.25) is 0 Å². The third-order valence-electron chi connectivity index (χ3n) is 3.52. The maximum absolute atomic E-state index is 12.8. The van der Waals surface area contributed by atoms with Crippen LogP contribution in [0.25, 0.3) is 0 Å². The van der Waals surface area contributed by atoms with E-state index in [-0.39, 0.29) is 18.2 Å². The van der Waals surface area contributed by atoms with Crippen LogP contribution < -0.4 is 5.32 Å². The fourth-order valence-corrected chi connectivity index (χ4v) is 2.12. The number of hydrogen-bond acceptors (Lipinski definition) is 3. The molecule has 2 aromatic rings. The van der Waals surface area contributed by atoms with Crippen molar-refractivity contribution in [3.05, 3.63) is 65.2 Å². The van der Waals surface area contributed by atoms with Crippen molar-refractivity contribution < 1.29 is 40.7 Å². The molecule has 0 aliphatic heterocycles. The first-order valence-electron chi connectivity index (χ1n) is 7.74. The highest BCUT2D eigenvalue weighted by molar-refractivity contribution is 5.97. The molecule has 2 rings (SSSR count). The molecule has 1 amide bonds. The highest BCUT2D eigenvalue weighted by Gasteiger charge is 2.38. The lowest BCUT2D eigenvalue weighted by atomic mass is 10.0. The van der Waals surface area contributed by atoms with E-state index in [2.05, 4.69) is 5.32 Å². The van der Waals surface area contributed by atoms with Crippen molar-refractivity contribution in [2.45, 2.75) is 25.4 Å². The van der Waals surface area contributed by atoms with Crippen LogP contribution in [0.1, 0.15) is 28.4 Å². The van der Waals surface area contributed by atoms with E-state index in [1.165, 1.54) is 12.1 Å². The summed E-state index contributed by atoms with van der Waals surface area (Å²) in [6.45, 7) is 1.13. The summed E-state index contributed by atoms with van der Waals surface area (Å²) in [7, 11) is 0. The van der Waals surface area contributed by atoms with Gasteiger partial charge < -0.3 is 10.1 Å². The fraction of sp³-hybridized carbons (Fsp3) is 0.222. The summed E-state index contributed by atoms with van der Waals surface area (Å²) in [5.74, 6) is -2.30. The van der Waals surface area contributed by atoms with Crippen LogP contribution in [0.2, 0.25) is 0 Å². The van der Waals surface area contributed by atoms with E-state index in [1.54, 1.807) is 18.2 Å². The number of benzene rings is 2. The second-order valence-corrected chi connectivity index (χ2v) is 5.70. The molecule has 0 aliphatic carbocycles. The molecule has 0 aromatic heterocycles. The first-order valence-corrected chi connectivity index (χ1v) is 7.74. The Balaban J connectivity index is 2.22. The number of halogens is 6. The van der Waals surface area contributed by atoms with Crippen molar-refractivity contribution >= 4 is 17.6 Å². The Kier molecular flexibility index (Phi) is 6.01. The molecule has 0 saturated carbocycles. The number of carbonyl (C=O) groups excluding carboxylic acids is 2. The van der Waals surface area contributed by atoms with Crippen molar-refractivity contribution in [1.29, 1.82) is 0 Å². The molecule has 0 spiro atoms. The normalized spacial score (nSPS) is 13.0. The van der Waals surface area contributed by atoms with Crippen molar-refractivity contribution in [3.63, 3.8) is 0 Å². The summed E-state index contributed by atoms with van der Waals surface area (Å²) in [5, 5.41) is 2.39. The van der Waals surface area contributed by atoms with Crippen molar-refractivity contribution in [2.75, 3.05) is 5.32 Å². The second kappa shape index (κ2) is 7.91. The molecular formula is C18H13F6NO3. The van der Waals surface area contributed by atoms with E-state index in [1.807, 2.05) is 0 Å². The maximum Gasteiger partial charge on any atom is 0.416 e. The molecule has 0 bridgehead atoms. The van der Waals surface area contributed by atoms with E-state index in [9.17, 15) is 35.9 Å². The van der Waals surface area contributed by atoms with Crippen molar-refractivity contribution in [1.82, 2.24) is 0 Å². The minimum atomic E-state index is -5.10. The summed E-state index contributed by atoms with van der Waals surface area (Å²) in [6, 6.07) is 8.36. The number of carbonyl (C=O) groups is 2. The zero-order chi connectivity index (χ0) is 21.1. The number of amides is 1. The Morgan fingerprint density at radius 2 is 1.39 bits per heavy atom. The predicted octanol–water partition coefficient (Wildman–Crippen LogP) is 4.91. The topological polar surface area (TPSA) is 55.4 Å². The zero-order valence-corrected chi connectivity index (χ0v) is 14.2. The van der Waals surface area contributed by atoms with Crippen LogP contribution in [0.4, 0.5) is 32.0 Å². The average Bonchev–Trinajstić information content (AvgIpc) is 2.60. The van der Waals surface area contributed by atoms with E-state index >= 15 is 0 Å². The molecule has 0 radical (unpaired) electrons. The Hall–Kier alpha value is -3.04. The van der Waals surface area contributed by atoms with Crippen molar-refractivity contribution in [3.8, 4) is 0 Å². The quantitative estimate of drug-likeness (QED) is 0.581. The smallest absolute Gasteiger partial charge is 0.416 e. The molecule has 2 aromatic carbocycles. The van der Waals surface area contributed by atoms with Gasteiger partial charge in [-0.1, -0.05) is 18.2 Å². The summed E-state index contributed by atoms with van der Waals surface area (Å²) in [6.07, 6.45) is -11.7. The van der Waals surface area contributed by atoms with Crippen molar-refractivity contribution in [2.24, 2.45) is 0 Å². The summed E-state index contributed by atoms with van der Waals surface area (Å²) in [4.78, 5) is 24.0. The number of rotatable bonds is 4. The summed E-state index contributed by atoms with van der Waals surface area (Å²) < 4.78 is 81.8. The van der Waals surface area contributed by atoms with Gasteiger partial charge in [0.15, 0.2) is 6.10 Å². The highest BCUT2D eigenvalue weighted by Crippen LogP contribution is 2.36. The molecule has 4 nitrogen and oxygen atoms in total.